The Morgan fingerprint density at radius 2 is 1.90 bits per heavy atom. The fraction of sp³-hybridized carbons (Fsp3) is 0.611. The van der Waals surface area contributed by atoms with Crippen LogP contribution in [0.1, 0.15) is 44.7 Å². The molecule has 0 aliphatic carbocycles. The molecule has 2 heterocycles. The molecule has 1 fully saturated rings. The van der Waals surface area contributed by atoms with Gasteiger partial charge in [-0.25, -0.2) is 4.39 Å². The lowest BCUT2D eigenvalue weighted by molar-refractivity contribution is 0.277. The van der Waals surface area contributed by atoms with E-state index in [-0.39, 0.29) is 5.41 Å². The summed E-state index contributed by atoms with van der Waals surface area (Å²) in [6.45, 7) is 9.22. The average molecular weight is 288 g/mol. The summed E-state index contributed by atoms with van der Waals surface area (Å²) in [5.41, 5.74) is 5.25. The Morgan fingerprint density at radius 1 is 1.19 bits per heavy atom. The molecule has 0 radical (unpaired) electrons. The number of halogens is 1. The lowest BCUT2D eigenvalue weighted by Crippen LogP contribution is -2.34. The molecule has 0 atom stereocenters. The van der Waals surface area contributed by atoms with E-state index in [1.54, 1.807) is 0 Å². The van der Waals surface area contributed by atoms with Crippen molar-refractivity contribution in [1.29, 1.82) is 0 Å². The highest BCUT2D eigenvalue weighted by Crippen LogP contribution is 2.31. The van der Waals surface area contributed by atoms with E-state index < -0.39 is 6.17 Å². The first-order valence-electron chi connectivity index (χ1n) is 8.02. The zero-order valence-electron chi connectivity index (χ0n) is 13.3. The maximum absolute atomic E-state index is 13.3. The number of alkyl halides is 1. The van der Waals surface area contributed by atoms with Gasteiger partial charge >= 0.3 is 0 Å². The molecule has 1 aromatic rings. The summed E-state index contributed by atoms with van der Waals surface area (Å²) in [6, 6.07) is 6.70. The van der Waals surface area contributed by atoms with Gasteiger partial charge in [0.25, 0.3) is 0 Å². The second kappa shape index (κ2) is 5.43. The maximum atomic E-state index is 13.3. The molecular formula is C18H25FN2. The quantitative estimate of drug-likeness (QED) is 0.762. The van der Waals surface area contributed by atoms with Gasteiger partial charge in [-0.3, -0.25) is 4.99 Å². The largest absolute Gasteiger partial charge is 0.371 e. The van der Waals surface area contributed by atoms with E-state index >= 15 is 0 Å². The fourth-order valence-corrected chi connectivity index (χ4v) is 3.34. The Morgan fingerprint density at radius 3 is 2.57 bits per heavy atom. The van der Waals surface area contributed by atoms with Crippen molar-refractivity contribution in [2.45, 2.75) is 46.2 Å². The Balaban J connectivity index is 1.87. The van der Waals surface area contributed by atoms with Crippen molar-refractivity contribution in [3.8, 4) is 0 Å². The summed E-state index contributed by atoms with van der Waals surface area (Å²) in [4.78, 5) is 7.07. The Kier molecular flexibility index (Phi) is 3.76. The van der Waals surface area contributed by atoms with Crippen molar-refractivity contribution in [3.63, 3.8) is 0 Å². The summed E-state index contributed by atoms with van der Waals surface area (Å²) in [6.07, 6.45) is 1.72. The molecule has 2 nitrogen and oxygen atoms in total. The molecule has 3 heteroatoms. The van der Waals surface area contributed by atoms with Gasteiger partial charge in [-0.1, -0.05) is 26.8 Å². The van der Waals surface area contributed by atoms with E-state index in [2.05, 4.69) is 43.9 Å². The number of hydrogen-bond acceptors (Lipinski definition) is 2. The van der Waals surface area contributed by atoms with Crippen LogP contribution in [0, 0.1) is 5.41 Å². The molecule has 114 valence electrons. The van der Waals surface area contributed by atoms with E-state index in [4.69, 9.17) is 4.99 Å². The lowest BCUT2D eigenvalue weighted by Gasteiger charge is -2.32. The van der Waals surface area contributed by atoms with Crippen LogP contribution in [0.3, 0.4) is 0 Å². The average Bonchev–Trinajstić information content (AvgIpc) is 2.46. The van der Waals surface area contributed by atoms with E-state index in [0.29, 0.717) is 12.8 Å². The van der Waals surface area contributed by atoms with Gasteiger partial charge in [0, 0.05) is 36.4 Å². The third kappa shape index (κ3) is 2.97. The summed E-state index contributed by atoms with van der Waals surface area (Å²) in [5, 5.41) is 0. The molecule has 3 rings (SSSR count). The number of anilines is 1. The highest BCUT2D eigenvalue weighted by molar-refractivity contribution is 6.06. The molecule has 0 saturated carbocycles. The zero-order chi connectivity index (χ0) is 15.0. The van der Waals surface area contributed by atoms with Crippen LogP contribution in [0.5, 0.6) is 0 Å². The molecule has 0 N–H and O–H groups in total. The van der Waals surface area contributed by atoms with Gasteiger partial charge in [-0.2, -0.15) is 0 Å². The molecule has 0 unspecified atom stereocenters. The van der Waals surface area contributed by atoms with Crippen LogP contribution in [0.4, 0.5) is 10.1 Å². The third-order valence-corrected chi connectivity index (χ3v) is 4.50. The van der Waals surface area contributed by atoms with Crippen LogP contribution in [-0.2, 0) is 6.42 Å². The maximum Gasteiger partial charge on any atom is 0.103 e. The van der Waals surface area contributed by atoms with Gasteiger partial charge in [0.05, 0.1) is 0 Å². The molecule has 2 aliphatic heterocycles. The van der Waals surface area contributed by atoms with E-state index in [1.165, 1.54) is 22.5 Å². The number of hydrogen-bond donors (Lipinski definition) is 0. The van der Waals surface area contributed by atoms with Crippen molar-refractivity contribution < 1.29 is 4.39 Å². The smallest absolute Gasteiger partial charge is 0.103 e. The SMILES string of the molecule is CC(C)(C)C1=NCCc2cc(N3CCC(F)CC3)ccc21. The normalized spacial score (nSPS) is 20.2. The Hall–Kier alpha value is -1.38. The summed E-state index contributed by atoms with van der Waals surface area (Å²) in [7, 11) is 0. The van der Waals surface area contributed by atoms with Gasteiger partial charge in [0.1, 0.15) is 6.17 Å². The minimum atomic E-state index is -0.612. The number of fused-ring (bicyclic) bond motifs is 1. The van der Waals surface area contributed by atoms with Crippen molar-refractivity contribution >= 4 is 11.4 Å². The number of aliphatic imine (C=N–C) groups is 1. The number of nitrogens with zero attached hydrogens (tertiary/aromatic N) is 2. The highest BCUT2D eigenvalue weighted by atomic mass is 19.1. The summed E-state index contributed by atoms with van der Waals surface area (Å²) < 4.78 is 13.3. The monoisotopic (exact) mass is 288 g/mol. The Bertz CT molecular complexity index is 549. The summed E-state index contributed by atoms with van der Waals surface area (Å²) in [5.74, 6) is 0. The first-order chi connectivity index (χ1) is 9.95. The predicted molar refractivity (Wildman–Crippen MR) is 87.3 cm³/mol. The number of piperidine rings is 1. The van der Waals surface area contributed by atoms with Crippen LogP contribution >= 0.6 is 0 Å². The molecular weight excluding hydrogens is 263 g/mol. The molecule has 0 aromatic heterocycles. The van der Waals surface area contributed by atoms with Crippen LogP contribution < -0.4 is 4.90 Å². The number of rotatable bonds is 1. The van der Waals surface area contributed by atoms with Gasteiger partial charge in [-0.05, 0) is 42.5 Å². The van der Waals surface area contributed by atoms with E-state index in [1.807, 2.05) is 0 Å². The van der Waals surface area contributed by atoms with Crippen molar-refractivity contribution in [1.82, 2.24) is 0 Å². The molecule has 2 aliphatic rings. The van der Waals surface area contributed by atoms with Crippen LogP contribution in [0.2, 0.25) is 0 Å². The minimum Gasteiger partial charge on any atom is -0.371 e. The van der Waals surface area contributed by atoms with Crippen LogP contribution in [-0.4, -0.2) is 31.5 Å². The second-order valence-corrected chi connectivity index (χ2v) is 7.23. The van der Waals surface area contributed by atoms with Gasteiger partial charge in [-0.15, -0.1) is 0 Å². The lowest BCUT2D eigenvalue weighted by atomic mass is 9.81. The first kappa shape index (κ1) is 14.6. The zero-order valence-corrected chi connectivity index (χ0v) is 13.3. The molecule has 1 saturated heterocycles. The molecule has 1 aromatic carbocycles. The predicted octanol–water partition coefficient (Wildman–Crippen LogP) is 4.02. The minimum absolute atomic E-state index is 0.0866. The van der Waals surface area contributed by atoms with Crippen LogP contribution in [0.25, 0.3) is 0 Å². The third-order valence-electron chi connectivity index (χ3n) is 4.50. The molecule has 0 spiro atoms. The first-order valence-corrected chi connectivity index (χ1v) is 8.02. The van der Waals surface area contributed by atoms with Crippen molar-refractivity contribution in [2.24, 2.45) is 10.4 Å². The second-order valence-electron chi connectivity index (χ2n) is 7.23. The topological polar surface area (TPSA) is 15.6 Å². The highest BCUT2D eigenvalue weighted by Gasteiger charge is 2.26. The fourth-order valence-electron chi connectivity index (χ4n) is 3.34. The van der Waals surface area contributed by atoms with Gasteiger partial charge in [0.15, 0.2) is 0 Å². The standard InChI is InChI=1S/C18H25FN2/c1-18(2,3)17-16-5-4-15(12-13(16)6-9-20-17)21-10-7-14(19)8-11-21/h4-5,12,14H,6-11H2,1-3H3. The van der Waals surface area contributed by atoms with Gasteiger partial charge < -0.3 is 4.90 Å². The van der Waals surface area contributed by atoms with Crippen LogP contribution in [0.15, 0.2) is 23.2 Å². The van der Waals surface area contributed by atoms with Crippen molar-refractivity contribution in [2.75, 3.05) is 24.5 Å². The molecule has 21 heavy (non-hydrogen) atoms. The molecule has 0 bridgehead atoms. The summed E-state index contributed by atoms with van der Waals surface area (Å²) >= 11 is 0. The molecule has 0 amide bonds. The van der Waals surface area contributed by atoms with E-state index in [0.717, 1.165) is 26.1 Å². The van der Waals surface area contributed by atoms with Gasteiger partial charge in [0.2, 0.25) is 0 Å². The number of benzene rings is 1. The van der Waals surface area contributed by atoms with E-state index in [9.17, 15) is 4.39 Å². The Labute approximate surface area is 127 Å². The van der Waals surface area contributed by atoms with Crippen molar-refractivity contribution in [3.05, 3.63) is 29.3 Å².